The molecule has 0 aliphatic carbocycles. The maximum absolute atomic E-state index is 12.9. The number of carbonyl (C=O) groups is 1. The van der Waals surface area contributed by atoms with Crippen LogP contribution >= 0.6 is 23.4 Å². The maximum atomic E-state index is 12.9. The van der Waals surface area contributed by atoms with Gasteiger partial charge in [-0.1, -0.05) is 44.1 Å². The number of thioether (sulfide) groups is 1. The fraction of sp³-hybridized carbons (Fsp3) is 0.571. The van der Waals surface area contributed by atoms with E-state index < -0.39 is 0 Å². The molecule has 0 aliphatic rings. The van der Waals surface area contributed by atoms with Crippen LogP contribution in [0.4, 0.5) is 0 Å². The highest BCUT2D eigenvalue weighted by Crippen LogP contribution is 2.27. The quantitative estimate of drug-likeness (QED) is 0.521. The molecule has 0 spiro atoms. The molecular formula is C21H30ClN3O2S. The summed E-state index contributed by atoms with van der Waals surface area (Å²) in [6.07, 6.45) is 0.861. The van der Waals surface area contributed by atoms with Gasteiger partial charge in [-0.25, -0.2) is 4.98 Å². The van der Waals surface area contributed by atoms with Gasteiger partial charge in [-0.05, 0) is 57.7 Å². The minimum atomic E-state index is -0.308. The van der Waals surface area contributed by atoms with Gasteiger partial charge in [0.2, 0.25) is 5.91 Å². The lowest BCUT2D eigenvalue weighted by molar-refractivity contribution is -0.120. The second-order valence-corrected chi connectivity index (χ2v) is 10.7. The Balaban J connectivity index is 2.25. The summed E-state index contributed by atoms with van der Waals surface area (Å²) in [6.45, 7) is 14.4. The minimum Gasteiger partial charge on any atom is -0.350 e. The van der Waals surface area contributed by atoms with Crippen molar-refractivity contribution in [2.75, 3.05) is 5.75 Å². The number of benzene rings is 1. The molecule has 1 amide bonds. The first kappa shape index (κ1) is 22.8. The molecule has 1 heterocycles. The number of hydrogen-bond donors (Lipinski definition) is 1. The molecule has 1 aromatic carbocycles. The van der Waals surface area contributed by atoms with Gasteiger partial charge in [-0.15, -0.1) is 0 Å². The lowest BCUT2D eigenvalue weighted by atomic mass is 9.82. The van der Waals surface area contributed by atoms with Crippen molar-refractivity contribution in [2.24, 2.45) is 5.41 Å². The van der Waals surface area contributed by atoms with E-state index in [1.807, 2.05) is 27.7 Å². The number of amides is 1. The van der Waals surface area contributed by atoms with Crippen LogP contribution in [0.25, 0.3) is 10.9 Å². The van der Waals surface area contributed by atoms with E-state index in [4.69, 9.17) is 11.6 Å². The largest absolute Gasteiger partial charge is 0.350 e. The molecule has 1 aromatic heterocycles. The molecule has 0 unspecified atom stereocenters. The van der Waals surface area contributed by atoms with E-state index in [0.29, 0.717) is 21.1 Å². The monoisotopic (exact) mass is 423 g/mol. The standard InChI is InChI=1S/C21H30ClN3O2S/c1-13(2)25-18(27)15-9-8-14(22)10-16(15)23-19(25)28-11-17(26)24-21(6,7)12-20(3,4)5/h8-10,13H,11-12H2,1-7H3,(H,24,26). The second-order valence-electron chi connectivity index (χ2n) is 9.28. The van der Waals surface area contributed by atoms with E-state index in [9.17, 15) is 9.59 Å². The predicted molar refractivity (Wildman–Crippen MR) is 118 cm³/mol. The highest BCUT2D eigenvalue weighted by molar-refractivity contribution is 7.99. The Hall–Kier alpha value is -1.53. The molecule has 7 heteroatoms. The highest BCUT2D eigenvalue weighted by Gasteiger charge is 2.27. The van der Waals surface area contributed by atoms with Crippen molar-refractivity contribution in [1.82, 2.24) is 14.9 Å². The van der Waals surface area contributed by atoms with Gasteiger partial charge in [0.1, 0.15) is 0 Å². The summed E-state index contributed by atoms with van der Waals surface area (Å²) in [5, 5.41) is 4.68. The van der Waals surface area contributed by atoms with Crippen LogP contribution in [0, 0.1) is 5.41 Å². The summed E-state index contributed by atoms with van der Waals surface area (Å²) in [6, 6.07) is 5.00. The average molecular weight is 424 g/mol. The van der Waals surface area contributed by atoms with Crippen molar-refractivity contribution in [1.29, 1.82) is 0 Å². The topological polar surface area (TPSA) is 64.0 Å². The lowest BCUT2D eigenvalue weighted by Gasteiger charge is -2.33. The Bertz CT molecular complexity index is 930. The average Bonchev–Trinajstić information content (AvgIpc) is 2.49. The summed E-state index contributed by atoms with van der Waals surface area (Å²) in [7, 11) is 0. The van der Waals surface area contributed by atoms with Crippen LogP contribution in [0.15, 0.2) is 28.2 Å². The zero-order valence-corrected chi connectivity index (χ0v) is 19.3. The van der Waals surface area contributed by atoms with E-state index in [0.717, 1.165) is 6.42 Å². The van der Waals surface area contributed by atoms with Crippen molar-refractivity contribution in [2.45, 2.75) is 71.6 Å². The molecule has 0 radical (unpaired) electrons. The number of aromatic nitrogens is 2. The number of nitrogens with one attached hydrogen (secondary N) is 1. The van der Waals surface area contributed by atoms with Gasteiger partial charge in [0.15, 0.2) is 5.16 Å². The maximum Gasteiger partial charge on any atom is 0.262 e. The van der Waals surface area contributed by atoms with Crippen molar-refractivity contribution in [3.05, 3.63) is 33.6 Å². The molecule has 0 fully saturated rings. The van der Waals surface area contributed by atoms with Gasteiger partial charge in [-0.3, -0.25) is 14.2 Å². The number of fused-ring (bicyclic) bond motifs is 1. The van der Waals surface area contributed by atoms with Crippen LogP contribution < -0.4 is 10.9 Å². The molecule has 0 saturated heterocycles. The van der Waals surface area contributed by atoms with E-state index >= 15 is 0 Å². The van der Waals surface area contributed by atoms with Crippen molar-refractivity contribution < 1.29 is 4.79 Å². The molecule has 5 nitrogen and oxygen atoms in total. The molecule has 154 valence electrons. The number of carbonyl (C=O) groups excluding carboxylic acids is 1. The second kappa shape index (κ2) is 8.46. The molecule has 2 rings (SSSR count). The first-order valence-corrected chi connectivity index (χ1v) is 10.8. The lowest BCUT2D eigenvalue weighted by Crippen LogP contribution is -2.46. The van der Waals surface area contributed by atoms with Crippen molar-refractivity contribution in [3.8, 4) is 0 Å². The molecule has 28 heavy (non-hydrogen) atoms. The molecule has 0 aliphatic heterocycles. The third-order valence-electron chi connectivity index (χ3n) is 4.13. The van der Waals surface area contributed by atoms with Crippen LogP contribution in [-0.4, -0.2) is 26.8 Å². The van der Waals surface area contributed by atoms with E-state index in [1.165, 1.54) is 11.8 Å². The third kappa shape index (κ3) is 5.98. The summed E-state index contributed by atoms with van der Waals surface area (Å²) in [4.78, 5) is 30.0. The Kier molecular flexibility index (Phi) is 6.87. The van der Waals surface area contributed by atoms with E-state index in [-0.39, 0.29) is 34.2 Å². The first-order valence-electron chi connectivity index (χ1n) is 9.45. The molecule has 2 aromatic rings. The summed E-state index contributed by atoms with van der Waals surface area (Å²) in [5.41, 5.74) is 0.233. The van der Waals surface area contributed by atoms with Crippen LogP contribution in [0.2, 0.25) is 5.02 Å². The normalized spacial score (nSPS) is 12.6. The number of halogens is 1. The smallest absolute Gasteiger partial charge is 0.262 e. The molecule has 0 bridgehead atoms. The van der Waals surface area contributed by atoms with Gasteiger partial charge < -0.3 is 5.32 Å². The van der Waals surface area contributed by atoms with Gasteiger partial charge in [0.05, 0.1) is 16.7 Å². The van der Waals surface area contributed by atoms with Crippen LogP contribution in [0.5, 0.6) is 0 Å². The third-order valence-corrected chi connectivity index (χ3v) is 5.32. The Morgan fingerprint density at radius 3 is 2.46 bits per heavy atom. The first-order chi connectivity index (χ1) is 12.8. The van der Waals surface area contributed by atoms with Crippen LogP contribution in [-0.2, 0) is 4.79 Å². The fourth-order valence-electron chi connectivity index (χ4n) is 3.62. The van der Waals surface area contributed by atoms with Crippen molar-refractivity contribution in [3.63, 3.8) is 0 Å². The SMILES string of the molecule is CC(C)n1c(SCC(=O)NC(C)(C)CC(C)(C)C)nc2cc(Cl)ccc2c1=O. The summed E-state index contributed by atoms with van der Waals surface area (Å²) >= 11 is 7.33. The molecular weight excluding hydrogens is 394 g/mol. The Morgan fingerprint density at radius 1 is 1.25 bits per heavy atom. The molecule has 1 N–H and O–H groups in total. The number of hydrogen-bond acceptors (Lipinski definition) is 4. The molecule has 0 atom stereocenters. The minimum absolute atomic E-state index is 0.0667. The van der Waals surface area contributed by atoms with Gasteiger partial charge in [0, 0.05) is 16.6 Å². The molecule has 0 saturated carbocycles. The summed E-state index contributed by atoms with van der Waals surface area (Å²) < 4.78 is 1.63. The predicted octanol–water partition coefficient (Wildman–Crippen LogP) is 5.05. The number of rotatable bonds is 6. The van der Waals surface area contributed by atoms with E-state index in [1.54, 1.807) is 22.8 Å². The van der Waals surface area contributed by atoms with E-state index in [2.05, 4.69) is 31.1 Å². The Morgan fingerprint density at radius 2 is 1.89 bits per heavy atom. The zero-order valence-electron chi connectivity index (χ0n) is 17.7. The number of nitrogens with zero attached hydrogens (tertiary/aromatic N) is 2. The van der Waals surface area contributed by atoms with Crippen LogP contribution in [0.3, 0.4) is 0 Å². The fourth-order valence-corrected chi connectivity index (χ4v) is 4.72. The Labute approximate surface area is 176 Å². The van der Waals surface area contributed by atoms with Crippen LogP contribution in [0.1, 0.15) is 60.9 Å². The van der Waals surface area contributed by atoms with Crippen molar-refractivity contribution >= 4 is 40.2 Å². The highest BCUT2D eigenvalue weighted by atomic mass is 35.5. The van der Waals surface area contributed by atoms with Gasteiger partial charge in [0.25, 0.3) is 5.56 Å². The van der Waals surface area contributed by atoms with Gasteiger partial charge in [-0.2, -0.15) is 0 Å². The zero-order chi connectivity index (χ0) is 21.3. The van der Waals surface area contributed by atoms with Gasteiger partial charge >= 0.3 is 0 Å². The summed E-state index contributed by atoms with van der Waals surface area (Å²) in [5.74, 6) is 0.119.